The number of anilines is 1. The summed E-state index contributed by atoms with van der Waals surface area (Å²) in [5.41, 5.74) is 2.03. The summed E-state index contributed by atoms with van der Waals surface area (Å²) in [6, 6.07) is 17.8. The van der Waals surface area contributed by atoms with Gasteiger partial charge in [0.15, 0.2) is 0 Å². The number of benzene rings is 2. The van der Waals surface area contributed by atoms with E-state index in [0.29, 0.717) is 6.54 Å². The molecule has 2 heterocycles. The van der Waals surface area contributed by atoms with Crippen LogP contribution >= 0.6 is 0 Å². The fourth-order valence-corrected chi connectivity index (χ4v) is 3.73. The molecule has 0 aliphatic carbocycles. The zero-order valence-corrected chi connectivity index (χ0v) is 16.9. The predicted molar refractivity (Wildman–Crippen MR) is 114 cm³/mol. The van der Waals surface area contributed by atoms with Crippen molar-refractivity contribution in [1.29, 1.82) is 0 Å². The number of furan rings is 1. The van der Waals surface area contributed by atoms with Gasteiger partial charge in [0.1, 0.15) is 17.1 Å². The van der Waals surface area contributed by atoms with Crippen LogP contribution < -0.4 is 15.0 Å². The van der Waals surface area contributed by atoms with Crippen LogP contribution in [-0.2, 0) is 4.79 Å². The van der Waals surface area contributed by atoms with Crippen LogP contribution in [0.4, 0.5) is 5.69 Å². The topological polar surface area (TPSA) is 58.0 Å². The number of nitrogens with one attached hydrogen (secondary N) is 1. The van der Waals surface area contributed by atoms with E-state index in [2.05, 4.69) is 27.2 Å². The van der Waals surface area contributed by atoms with Crippen molar-refractivity contribution in [1.82, 2.24) is 10.2 Å². The first kappa shape index (κ1) is 19.3. The summed E-state index contributed by atoms with van der Waals surface area (Å²) in [7, 11) is 1.67. The molecule has 1 N–H and O–H groups in total. The molecule has 1 saturated heterocycles. The van der Waals surface area contributed by atoms with Crippen LogP contribution in [0.5, 0.6) is 5.75 Å². The highest BCUT2D eigenvalue weighted by molar-refractivity contribution is 5.80. The number of hydrogen-bond acceptors (Lipinski definition) is 5. The third-order valence-corrected chi connectivity index (χ3v) is 5.43. The van der Waals surface area contributed by atoms with Crippen molar-refractivity contribution < 1.29 is 13.9 Å². The van der Waals surface area contributed by atoms with Gasteiger partial charge in [-0.3, -0.25) is 9.69 Å². The molecule has 1 amide bonds. The number of rotatable bonds is 6. The molecule has 0 radical (unpaired) electrons. The maximum Gasteiger partial charge on any atom is 0.234 e. The Hall–Kier alpha value is -2.99. The highest BCUT2D eigenvalue weighted by atomic mass is 16.5. The molecule has 4 rings (SSSR count). The summed E-state index contributed by atoms with van der Waals surface area (Å²) >= 11 is 0. The van der Waals surface area contributed by atoms with E-state index in [1.54, 1.807) is 7.11 Å². The smallest absolute Gasteiger partial charge is 0.234 e. The van der Waals surface area contributed by atoms with Gasteiger partial charge in [-0.2, -0.15) is 0 Å². The van der Waals surface area contributed by atoms with Gasteiger partial charge in [-0.1, -0.05) is 18.2 Å². The molecule has 1 aliphatic heterocycles. The molecule has 2 aromatic carbocycles. The average Bonchev–Trinajstić information content (AvgIpc) is 3.19. The van der Waals surface area contributed by atoms with E-state index in [4.69, 9.17) is 9.15 Å². The van der Waals surface area contributed by atoms with Crippen LogP contribution in [0.2, 0.25) is 0 Å². The number of ether oxygens (including phenoxy) is 1. The fourth-order valence-electron chi connectivity index (χ4n) is 3.73. The van der Waals surface area contributed by atoms with Gasteiger partial charge >= 0.3 is 0 Å². The third-order valence-electron chi connectivity index (χ3n) is 5.43. The van der Waals surface area contributed by atoms with Crippen molar-refractivity contribution in [2.75, 3.05) is 44.7 Å². The van der Waals surface area contributed by atoms with Crippen LogP contribution in [0.25, 0.3) is 11.0 Å². The fraction of sp³-hybridized carbons (Fsp3) is 0.348. The van der Waals surface area contributed by atoms with E-state index in [1.807, 2.05) is 49.4 Å². The first-order valence-electron chi connectivity index (χ1n) is 10.0. The highest BCUT2D eigenvalue weighted by Gasteiger charge is 2.21. The Labute approximate surface area is 171 Å². The minimum Gasteiger partial charge on any atom is -0.497 e. The van der Waals surface area contributed by atoms with Crippen molar-refractivity contribution in [2.24, 2.45) is 0 Å². The summed E-state index contributed by atoms with van der Waals surface area (Å²) in [5, 5.41) is 4.11. The minimum atomic E-state index is -0.157. The number of piperazine rings is 1. The van der Waals surface area contributed by atoms with Gasteiger partial charge in [0, 0.05) is 37.3 Å². The van der Waals surface area contributed by atoms with E-state index in [1.165, 1.54) is 5.69 Å². The number of fused-ring (bicyclic) bond motifs is 1. The molecule has 0 unspecified atom stereocenters. The van der Waals surface area contributed by atoms with Gasteiger partial charge in [0.25, 0.3) is 0 Å². The third kappa shape index (κ3) is 4.54. The van der Waals surface area contributed by atoms with Gasteiger partial charge in [-0.15, -0.1) is 0 Å². The molecule has 6 heteroatoms. The molecule has 0 spiro atoms. The lowest BCUT2D eigenvalue weighted by molar-refractivity contribution is -0.123. The van der Waals surface area contributed by atoms with Crippen molar-refractivity contribution in [3.05, 3.63) is 60.4 Å². The van der Waals surface area contributed by atoms with Crippen molar-refractivity contribution in [3.8, 4) is 5.75 Å². The molecule has 29 heavy (non-hydrogen) atoms. The Morgan fingerprint density at radius 1 is 1.10 bits per heavy atom. The molecule has 3 aromatic rings. The van der Waals surface area contributed by atoms with Crippen molar-refractivity contribution >= 4 is 22.6 Å². The average molecular weight is 393 g/mol. The molecule has 1 atom stereocenters. The van der Waals surface area contributed by atoms with Gasteiger partial charge in [0.05, 0.1) is 19.7 Å². The molecule has 152 valence electrons. The van der Waals surface area contributed by atoms with Crippen molar-refractivity contribution in [3.63, 3.8) is 0 Å². The lowest BCUT2D eigenvalue weighted by atomic mass is 10.2. The van der Waals surface area contributed by atoms with Gasteiger partial charge in [-0.05, 0) is 43.3 Å². The van der Waals surface area contributed by atoms with Crippen molar-refractivity contribution in [2.45, 2.75) is 13.0 Å². The Morgan fingerprint density at radius 3 is 2.52 bits per heavy atom. The van der Waals surface area contributed by atoms with E-state index in [9.17, 15) is 4.79 Å². The summed E-state index contributed by atoms with van der Waals surface area (Å²) in [6.45, 7) is 5.88. The summed E-state index contributed by atoms with van der Waals surface area (Å²) in [4.78, 5) is 17.0. The number of methoxy groups -OCH3 is 1. The number of nitrogens with zero attached hydrogens (tertiary/aromatic N) is 2. The van der Waals surface area contributed by atoms with E-state index >= 15 is 0 Å². The highest BCUT2D eigenvalue weighted by Crippen LogP contribution is 2.24. The van der Waals surface area contributed by atoms with Gasteiger partial charge < -0.3 is 19.4 Å². The predicted octanol–water partition coefficient (Wildman–Crippen LogP) is 3.44. The van der Waals surface area contributed by atoms with E-state index in [0.717, 1.165) is 48.7 Å². The standard InChI is InChI=1S/C23H27N3O3/c1-17(22-15-18-5-3-4-6-21(18)29-22)24-23(27)16-25-11-13-26(14-12-25)19-7-9-20(28-2)10-8-19/h3-10,15,17H,11-14,16H2,1-2H3,(H,24,27)/t17-/m0/s1. The molecule has 1 fully saturated rings. The zero-order valence-electron chi connectivity index (χ0n) is 16.9. The zero-order chi connectivity index (χ0) is 20.2. The monoisotopic (exact) mass is 393 g/mol. The van der Waals surface area contributed by atoms with Gasteiger partial charge in [0.2, 0.25) is 5.91 Å². The van der Waals surface area contributed by atoms with E-state index in [-0.39, 0.29) is 11.9 Å². The summed E-state index contributed by atoms with van der Waals surface area (Å²) in [5.74, 6) is 1.67. The molecule has 6 nitrogen and oxygen atoms in total. The molecular weight excluding hydrogens is 366 g/mol. The maximum atomic E-state index is 12.5. The lowest BCUT2D eigenvalue weighted by Gasteiger charge is -2.35. The van der Waals surface area contributed by atoms with Crippen LogP contribution in [0.1, 0.15) is 18.7 Å². The number of carbonyl (C=O) groups excluding carboxylic acids is 1. The van der Waals surface area contributed by atoms with Crippen LogP contribution in [-0.4, -0.2) is 50.6 Å². The van der Waals surface area contributed by atoms with Gasteiger partial charge in [-0.25, -0.2) is 0 Å². The lowest BCUT2D eigenvalue weighted by Crippen LogP contribution is -2.49. The molecule has 1 aromatic heterocycles. The summed E-state index contributed by atoms with van der Waals surface area (Å²) < 4.78 is 11.1. The first-order valence-corrected chi connectivity index (χ1v) is 10.0. The molecule has 0 saturated carbocycles. The molecular formula is C23H27N3O3. The van der Waals surface area contributed by atoms with Crippen LogP contribution in [0, 0.1) is 0 Å². The number of amides is 1. The molecule has 0 bridgehead atoms. The second kappa shape index (κ2) is 8.57. The second-order valence-electron chi connectivity index (χ2n) is 7.44. The normalized spacial score (nSPS) is 16.0. The van der Waals surface area contributed by atoms with E-state index < -0.39 is 0 Å². The SMILES string of the molecule is COc1ccc(N2CCN(CC(=O)N[C@@H](C)c3cc4ccccc4o3)CC2)cc1. The Balaban J connectivity index is 1.27. The molecule has 1 aliphatic rings. The quantitative estimate of drug-likeness (QED) is 0.695. The second-order valence-corrected chi connectivity index (χ2v) is 7.44. The number of hydrogen-bond donors (Lipinski definition) is 1. The Bertz CT molecular complexity index is 926. The Morgan fingerprint density at radius 2 is 1.83 bits per heavy atom. The van der Waals surface area contributed by atoms with Crippen LogP contribution in [0.3, 0.4) is 0 Å². The summed E-state index contributed by atoms with van der Waals surface area (Å²) in [6.07, 6.45) is 0. The largest absolute Gasteiger partial charge is 0.497 e. The number of para-hydroxylation sites is 1. The maximum absolute atomic E-state index is 12.5. The Kier molecular flexibility index (Phi) is 5.71. The minimum absolute atomic E-state index is 0.0239. The first-order chi connectivity index (χ1) is 14.1. The van der Waals surface area contributed by atoms with Crippen LogP contribution in [0.15, 0.2) is 59.0 Å². The number of carbonyl (C=O) groups is 1.